The zero-order valence-electron chi connectivity index (χ0n) is 13.1. The number of carbonyl (C=O) groups excluding carboxylic acids is 2. The van der Waals surface area contributed by atoms with Crippen LogP contribution in [0.25, 0.3) is 11.1 Å². The fraction of sp³-hybridized carbons (Fsp3) is 0.400. The highest BCUT2D eigenvalue weighted by atomic mass is 32.2. The Morgan fingerprint density at radius 2 is 2.16 bits per heavy atom. The number of ether oxygens (including phenoxy) is 1. The molecule has 1 aromatic heterocycles. The molecule has 25 heavy (non-hydrogen) atoms. The van der Waals surface area contributed by atoms with E-state index in [0.29, 0.717) is 22.7 Å². The zero-order valence-corrected chi connectivity index (χ0v) is 14.8. The molecule has 2 heterocycles. The van der Waals surface area contributed by atoms with Crippen LogP contribution in [0.1, 0.15) is 6.42 Å². The SMILES string of the molecule is O=C(COC(=O)CSc1nc2ccccc2o1)N[C@H]1CCS(=O)(=O)C1. The Hall–Kier alpha value is -2.07. The quantitative estimate of drug-likeness (QED) is 0.573. The highest BCUT2D eigenvalue weighted by Crippen LogP contribution is 2.23. The van der Waals surface area contributed by atoms with Crippen LogP contribution < -0.4 is 5.32 Å². The predicted molar refractivity (Wildman–Crippen MR) is 90.9 cm³/mol. The van der Waals surface area contributed by atoms with Crippen molar-refractivity contribution >= 4 is 44.6 Å². The van der Waals surface area contributed by atoms with Crippen molar-refractivity contribution in [1.82, 2.24) is 10.3 Å². The molecule has 1 aromatic carbocycles. The second-order valence-electron chi connectivity index (χ2n) is 5.56. The molecule has 0 aliphatic carbocycles. The van der Waals surface area contributed by atoms with Crippen molar-refractivity contribution < 1.29 is 27.2 Å². The normalized spacial score (nSPS) is 19.0. The summed E-state index contributed by atoms with van der Waals surface area (Å²) in [5, 5.41) is 2.89. The van der Waals surface area contributed by atoms with Gasteiger partial charge in [0, 0.05) is 6.04 Å². The van der Waals surface area contributed by atoms with E-state index >= 15 is 0 Å². The van der Waals surface area contributed by atoms with Crippen molar-refractivity contribution in [1.29, 1.82) is 0 Å². The standard InChI is InChI=1S/C15H16N2O6S2/c18-13(16-10-5-6-25(20,21)9-10)7-22-14(19)8-24-15-17-11-3-1-2-4-12(11)23-15/h1-4,10H,5-9H2,(H,16,18)/t10-/m0/s1. The Labute approximate surface area is 148 Å². The molecule has 1 N–H and O–H groups in total. The van der Waals surface area contributed by atoms with Gasteiger partial charge in [0.2, 0.25) is 0 Å². The molecular weight excluding hydrogens is 368 g/mol. The van der Waals surface area contributed by atoms with Crippen LogP contribution in [0.3, 0.4) is 0 Å². The number of hydrogen-bond donors (Lipinski definition) is 1. The lowest BCUT2D eigenvalue weighted by atomic mass is 10.2. The van der Waals surface area contributed by atoms with Crippen molar-refractivity contribution in [3.05, 3.63) is 24.3 Å². The molecule has 1 atom stereocenters. The molecule has 1 aliphatic heterocycles. The maximum absolute atomic E-state index is 11.7. The van der Waals surface area contributed by atoms with Gasteiger partial charge in [-0.2, -0.15) is 0 Å². The number of amides is 1. The van der Waals surface area contributed by atoms with Crippen molar-refractivity contribution in [3.8, 4) is 0 Å². The number of aromatic nitrogens is 1. The van der Waals surface area contributed by atoms with Gasteiger partial charge in [-0.05, 0) is 18.6 Å². The molecule has 0 unspecified atom stereocenters. The van der Waals surface area contributed by atoms with Crippen molar-refractivity contribution in [2.45, 2.75) is 17.7 Å². The number of rotatable bonds is 6. The van der Waals surface area contributed by atoms with E-state index in [1.54, 1.807) is 12.1 Å². The number of esters is 1. The summed E-state index contributed by atoms with van der Waals surface area (Å²) in [6.45, 7) is -0.441. The third-order valence-electron chi connectivity index (χ3n) is 3.55. The molecule has 1 aliphatic rings. The van der Waals surface area contributed by atoms with E-state index < -0.39 is 34.4 Å². The lowest BCUT2D eigenvalue weighted by molar-refractivity contribution is -0.146. The summed E-state index contributed by atoms with van der Waals surface area (Å²) >= 11 is 1.08. The van der Waals surface area contributed by atoms with Gasteiger partial charge in [-0.25, -0.2) is 13.4 Å². The van der Waals surface area contributed by atoms with E-state index in [1.165, 1.54) is 0 Å². The van der Waals surface area contributed by atoms with Gasteiger partial charge in [0.05, 0.1) is 11.5 Å². The van der Waals surface area contributed by atoms with Gasteiger partial charge in [0.25, 0.3) is 11.1 Å². The lowest BCUT2D eigenvalue weighted by Crippen LogP contribution is -2.38. The average molecular weight is 384 g/mol. The average Bonchev–Trinajstić information content (AvgIpc) is 3.13. The first-order chi connectivity index (χ1) is 11.9. The second-order valence-corrected chi connectivity index (χ2v) is 8.72. The van der Waals surface area contributed by atoms with Gasteiger partial charge in [0.15, 0.2) is 22.0 Å². The molecule has 2 aromatic rings. The summed E-state index contributed by atoms with van der Waals surface area (Å²) in [6.07, 6.45) is 0.385. The molecule has 3 rings (SSSR count). The molecule has 10 heteroatoms. The first-order valence-corrected chi connectivity index (χ1v) is 10.4. The van der Waals surface area contributed by atoms with Crippen molar-refractivity contribution in [2.75, 3.05) is 23.9 Å². The summed E-state index contributed by atoms with van der Waals surface area (Å²) in [5.41, 5.74) is 1.33. The van der Waals surface area contributed by atoms with Crippen LogP contribution in [0.4, 0.5) is 0 Å². The Morgan fingerprint density at radius 1 is 1.36 bits per heavy atom. The molecule has 1 amide bonds. The molecule has 0 bridgehead atoms. The minimum atomic E-state index is -3.07. The van der Waals surface area contributed by atoms with Crippen LogP contribution in [0.5, 0.6) is 0 Å². The molecule has 1 saturated heterocycles. The maximum atomic E-state index is 11.7. The van der Waals surface area contributed by atoms with Gasteiger partial charge >= 0.3 is 5.97 Å². The van der Waals surface area contributed by atoms with Crippen LogP contribution in [0.2, 0.25) is 0 Å². The third-order valence-corrected chi connectivity index (χ3v) is 6.12. The van der Waals surface area contributed by atoms with Crippen LogP contribution >= 0.6 is 11.8 Å². The summed E-state index contributed by atoms with van der Waals surface area (Å²) in [7, 11) is -3.07. The van der Waals surface area contributed by atoms with Crippen LogP contribution in [-0.4, -0.2) is 55.2 Å². The Kier molecular flexibility index (Phi) is 5.28. The fourth-order valence-corrected chi connectivity index (χ4v) is 4.71. The first kappa shape index (κ1) is 17.7. The highest BCUT2D eigenvalue weighted by molar-refractivity contribution is 7.99. The van der Waals surface area contributed by atoms with Gasteiger partial charge in [0.1, 0.15) is 11.3 Å². The van der Waals surface area contributed by atoms with Crippen LogP contribution in [0.15, 0.2) is 33.9 Å². The number of sulfone groups is 1. The van der Waals surface area contributed by atoms with Gasteiger partial charge < -0.3 is 14.5 Å². The Bertz CT molecular complexity index is 859. The van der Waals surface area contributed by atoms with E-state index in [-0.39, 0.29) is 17.3 Å². The van der Waals surface area contributed by atoms with Crippen LogP contribution in [0, 0.1) is 0 Å². The number of nitrogens with zero attached hydrogens (tertiary/aromatic N) is 1. The molecule has 134 valence electrons. The predicted octanol–water partition coefficient (Wildman–Crippen LogP) is 0.766. The molecule has 0 radical (unpaired) electrons. The lowest BCUT2D eigenvalue weighted by Gasteiger charge is -2.10. The van der Waals surface area contributed by atoms with E-state index in [0.717, 1.165) is 11.8 Å². The first-order valence-electron chi connectivity index (χ1n) is 7.55. The van der Waals surface area contributed by atoms with Crippen LogP contribution in [-0.2, 0) is 24.2 Å². The second kappa shape index (κ2) is 7.44. The number of thioether (sulfide) groups is 1. The summed E-state index contributed by atoms with van der Waals surface area (Å²) in [4.78, 5) is 27.6. The number of carbonyl (C=O) groups is 2. The van der Waals surface area contributed by atoms with Gasteiger partial charge in [-0.3, -0.25) is 9.59 Å². The molecule has 1 fully saturated rings. The fourth-order valence-electron chi connectivity index (χ4n) is 2.40. The minimum Gasteiger partial charge on any atom is -0.455 e. The van der Waals surface area contributed by atoms with Crippen molar-refractivity contribution in [3.63, 3.8) is 0 Å². The zero-order chi connectivity index (χ0) is 17.9. The topological polar surface area (TPSA) is 116 Å². The van der Waals surface area contributed by atoms with Gasteiger partial charge in [-0.15, -0.1) is 0 Å². The van der Waals surface area contributed by atoms with E-state index in [1.807, 2.05) is 12.1 Å². The summed E-state index contributed by atoms with van der Waals surface area (Å²) in [6, 6.07) is 6.82. The monoisotopic (exact) mass is 384 g/mol. The maximum Gasteiger partial charge on any atom is 0.316 e. The number of oxazole rings is 1. The molecule has 0 saturated carbocycles. The molecule has 0 spiro atoms. The summed E-state index contributed by atoms with van der Waals surface area (Å²) < 4.78 is 33.0. The molecular formula is C15H16N2O6S2. The smallest absolute Gasteiger partial charge is 0.316 e. The van der Waals surface area contributed by atoms with Gasteiger partial charge in [-0.1, -0.05) is 23.9 Å². The highest BCUT2D eigenvalue weighted by Gasteiger charge is 2.29. The molecule has 8 nitrogen and oxygen atoms in total. The van der Waals surface area contributed by atoms with E-state index in [4.69, 9.17) is 9.15 Å². The largest absolute Gasteiger partial charge is 0.455 e. The number of nitrogens with one attached hydrogen (secondary N) is 1. The summed E-state index contributed by atoms with van der Waals surface area (Å²) in [5.74, 6) is -1.14. The minimum absolute atomic E-state index is 0.0437. The number of fused-ring (bicyclic) bond motifs is 1. The van der Waals surface area contributed by atoms with E-state index in [9.17, 15) is 18.0 Å². The number of benzene rings is 1. The number of hydrogen-bond acceptors (Lipinski definition) is 8. The Morgan fingerprint density at radius 3 is 2.88 bits per heavy atom. The Balaban J connectivity index is 1.39. The van der Waals surface area contributed by atoms with Crippen molar-refractivity contribution in [2.24, 2.45) is 0 Å². The third kappa shape index (κ3) is 4.95. The van der Waals surface area contributed by atoms with E-state index in [2.05, 4.69) is 10.3 Å². The number of para-hydroxylation sites is 2.